The molecular formula is C14H11N3O4. The fourth-order valence-electron chi connectivity index (χ4n) is 1.77. The summed E-state index contributed by atoms with van der Waals surface area (Å²) < 4.78 is 0. The van der Waals surface area contributed by atoms with E-state index in [0.717, 1.165) is 4.90 Å². The molecule has 0 aliphatic carbocycles. The van der Waals surface area contributed by atoms with E-state index in [0.29, 0.717) is 0 Å². The summed E-state index contributed by atoms with van der Waals surface area (Å²) in [5.41, 5.74) is 0.252. The van der Waals surface area contributed by atoms with Gasteiger partial charge in [-0.2, -0.15) is 0 Å². The van der Waals surface area contributed by atoms with Gasteiger partial charge in [-0.05, 0) is 24.3 Å². The summed E-state index contributed by atoms with van der Waals surface area (Å²) in [5.74, 6) is -1.09. The van der Waals surface area contributed by atoms with Crippen LogP contribution in [-0.2, 0) is 4.79 Å². The lowest BCUT2D eigenvalue weighted by Gasteiger charge is -2.18. The van der Waals surface area contributed by atoms with E-state index in [2.05, 4.69) is 4.98 Å². The van der Waals surface area contributed by atoms with E-state index in [9.17, 15) is 19.7 Å². The third-order valence-electron chi connectivity index (χ3n) is 2.72. The molecule has 0 fully saturated rings. The molecule has 0 bridgehead atoms. The van der Waals surface area contributed by atoms with Gasteiger partial charge in [0.15, 0.2) is 0 Å². The van der Waals surface area contributed by atoms with Crippen LogP contribution in [0.5, 0.6) is 0 Å². The molecule has 2 amide bonds. The zero-order chi connectivity index (χ0) is 15.4. The van der Waals surface area contributed by atoms with Crippen LogP contribution in [0.2, 0.25) is 0 Å². The fourth-order valence-corrected chi connectivity index (χ4v) is 1.77. The largest absolute Gasteiger partial charge is 0.283 e. The molecule has 0 saturated heterocycles. The SMILES string of the molecule is CC(=O)N(C(=O)c1ccccn1)c1ccc([N+](=O)[O-])cc1. The van der Waals surface area contributed by atoms with Crippen LogP contribution in [-0.4, -0.2) is 21.7 Å². The van der Waals surface area contributed by atoms with Gasteiger partial charge in [-0.1, -0.05) is 6.07 Å². The van der Waals surface area contributed by atoms with E-state index in [4.69, 9.17) is 0 Å². The van der Waals surface area contributed by atoms with Crippen LogP contribution in [0.1, 0.15) is 17.4 Å². The van der Waals surface area contributed by atoms with Gasteiger partial charge in [-0.15, -0.1) is 0 Å². The molecule has 0 radical (unpaired) electrons. The van der Waals surface area contributed by atoms with E-state index < -0.39 is 16.7 Å². The first-order chi connectivity index (χ1) is 10.0. The van der Waals surface area contributed by atoms with Gasteiger partial charge in [-0.3, -0.25) is 24.7 Å². The number of non-ortho nitro benzene ring substituents is 1. The first-order valence-electron chi connectivity index (χ1n) is 6.01. The minimum absolute atomic E-state index is 0.117. The van der Waals surface area contributed by atoms with Gasteiger partial charge in [0.25, 0.3) is 11.6 Å². The van der Waals surface area contributed by atoms with Gasteiger partial charge in [0.05, 0.1) is 10.6 Å². The molecule has 0 spiro atoms. The molecule has 0 aliphatic heterocycles. The molecular weight excluding hydrogens is 274 g/mol. The lowest BCUT2D eigenvalue weighted by atomic mass is 10.2. The Labute approximate surface area is 120 Å². The van der Waals surface area contributed by atoms with Crippen molar-refractivity contribution in [2.45, 2.75) is 6.92 Å². The van der Waals surface area contributed by atoms with Crippen LogP contribution in [0.15, 0.2) is 48.7 Å². The number of hydrogen-bond acceptors (Lipinski definition) is 5. The Morgan fingerprint density at radius 3 is 2.29 bits per heavy atom. The second-order valence-electron chi connectivity index (χ2n) is 4.15. The van der Waals surface area contributed by atoms with Crippen LogP contribution in [0, 0.1) is 10.1 Å². The number of aromatic nitrogens is 1. The summed E-state index contributed by atoms with van der Waals surface area (Å²) >= 11 is 0. The number of carbonyl (C=O) groups excluding carboxylic acids is 2. The first kappa shape index (κ1) is 14.3. The van der Waals surface area contributed by atoms with Crippen LogP contribution in [0.25, 0.3) is 0 Å². The smallest absolute Gasteiger partial charge is 0.274 e. The van der Waals surface area contributed by atoms with Crippen molar-refractivity contribution in [1.82, 2.24) is 4.98 Å². The number of hydrogen-bond donors (Lipinski definition) is 0. The highest BCUT2D eigenvalue weighted by molar-refractivity contribution is 6.19. The molecule has 0 unspecified atom stereocenters. The molecule has 1 heterocycles. The normalized spacial score (nSPS) is 9.95. The van der Waals surface area contributed by atoms with Crippen molar-refractivity contribution in [3.63, 3.8) is 0 Å². The molecule has 7 nitrogen and oxygen atoms in total. The van der Waals surface area contributed by atoms with Crippen LogP contribution in [0.4, 0.5) is 11.4 Å². The molecule has 7 heteroatoms. The second kappa shape index (κ2) is 5.91. The Morgan fingerprint density at radius 2 is 1.81 bits per heavy atom. The minimum atomic E-state index is -0.586. The van der Waals surface area contributed by atoms with Crippen molar-refractivity contribution >= 4 is 23.2 Å². The van der Waals surface area contributed by atoms with E-state index in [-0.39, 0.29) is 17.1 Å². The second-order valence-corrected chi connectivity index (χ2v) is 4.15. The fraction of sp³-hybridized carbons (Fsp3) is 0.0714. The van der Waals surface area contributed by atoms with Gasteiger partial charge in [-0.25, -0.2) is 4.90 Å². The average Bonchev–Trinajstić information content (AvgIpc) is 2.48. The van der Waals surface area contributed by atoms with Gasteiger partial charge >= 0.3 is 0 Å². The van der Waals surface area contributed by atoms with Gasteiger partial charge < -0.3 is 0 Å². The number of anilines is 1. The Bertz CT molecular complexity index is 683. The molecule has 0 aliphatic rings. The van der Waals surface area contributed by atoms with Gasteiger partial charge in [0.2, 0.25) is 5.91 Å². The van der Waals surface area contributed by atoms with Crippen molar-refractivity contribution in [2.75, 3.05) is 4.90 Å². The molecule has 2 rings (SSSR count). The lowest BCUT2D eigenvalue weighted by molar-refractivity contribution is -0.384. The minimum Gasteiger partial charge on any atom is -0.274 e. The highest BCUT2D eigenvalue weighted by atomic mass is 16.6. The van der Waals surface area contributed by atoms with Crippen molar-refractivity contribution in [2.24, 2.45) is 0 Å². The van der Waals surface area contributed by atoms with Crippen molar-refractivity contribution in [3.05, 3.63) is 64.5 Å². The third-order valence-corrected chi connectivity index (χ3v) is 2.72. The summed E-state index contributed by atoms with van der Waals surface area (Å²) in [6.07, 6.45) is 1.45. The van der Waals surface area contributed by atoms with E-state index >= 15 is 0 Å². The van der Waals surface area contributed by atoms with Crippen LogP contribution >= 0.6 is 0 Å². The topological polar surface area (TPSA) is 93.4 Å². The highest BCUT2D eigenvalue weighted by Gasteiger charge is 2.23. The number of imide groups is 1. The Balaban J connectivity index is 2.38. The molecule has 1 aromatic heterocycles. The molecule has 106 valence electrons. The summed E-state index contributed by atoms with van der Waals surface area (Å²) in [6.45, 7) is 1.24. The Morgan fingerprint density at radius 1 is 1.14 bits per heavy atom. The van der Waals surface area contributed by atoms with Crippen molar-refractivity contribution < 1.29 is 14.5 Å². The number of nitro benzene ring substituents is 1. The quantitative estimate of drug-likeness (QED) is 0.636. The molecule has 1 aromatic carbocycles. The summed E-state index contributed by atoms with van der Waals surface area (Å²) in [7, 11) is 0. The molecule has 21 heavy (non-hydrogen) atoms. The number of carbonyl (C=O) groups is 2. The Hall–Kier alpha value is -3.09. The number of nitro groups is 1. The van der Waals surface area contributed by atoms with E-state index in [1.807, 2.05) is 0 Å². The first-order valence-corrected chi connectivity index (χ1v) is 6.01. The molecule has 0 saturated carbocycles. The molecule has 0 N–H and O–H groups in total. The lowest BCUT2D eigenvalue weighted by Crippen LogP contribution is -2.35. The number of rotatable bonds is 3. The monoisotopic (exact) mass is 285 g/mol. The number of benzene rings is 1. The molecule has 2 aromatic rings. The van der Waals surface area contributed by atoms with Crippen molar-refractivity contribution in [3.8, 4) is 0 Å². The van der Waals surface area contributed by atoms with E-state index in [1.165, 1.54) is 43.5 Å². The number of amides is 2. The maximum atomic E-state index is 12.3. The number of nitrogens with zero attached hydrogens (tertiary/aromatic N) is 3. The Kier molecular flexibility index (Phi) is 4.03. The predicted molar refractivity (Wildman–Crippen MR) is 74.8 cm³/mol. The average molecular weight is 285 g/mol. The molecule has 0 atom stereocenters. The zero-order valence-corrected chi connectivity index (χ0v) is 11.1. The van der Waals surface area contributed by atoms with Crippen LogP contribution < -0.4 is 4.90 Å². The van der Waals surface area contributed by atoms with Gasteiger partial charge in [0.1, 0.15) is 5.69 Å². The summed E-state index contributed by atoms with van der Waals surface area (Å²) in [4.78, 5) is 38.9. The van der Waals surface area contributed by atoms with Crippen LogP contribution in [0.3, 0.4) is 0 Å². The predicted octanol–water partition coefficient (Wildman–Crippen LogP) is 2.18. The highest BCUT2D eigenvalue weighted by Crippen LogP contribution is 2.21. The summed E-state index contributed by atoms with van der Waals surface area (Å²) in [5, 5.41) is 10.6. The van der Waals surface area contributed by atoms with E-state index in [1.54, 1.807) is 12.1 Å². The standard InChI is InChI=1S/C14H11N3O4/c1-10(18)16(14(19)13-4-2-3-9-15-13)11-5-7-12(8-6-11)17(20)21/h2-9H,1H3. The summed E-state index contributed by atoms with van der Waals surface area (Å²) in [6, 6.07) is 9.94. The number of pyridine rings is 1. The van der Waals surface area contributed by atoms with Gasteiger partial charge in [0, 0.05) is 25.3 Å². The third kappa shape index (κ3) is 3.08. The zero-order valence-electron chi connectivity index (χ0n) is 11.1. The maximum absolute atomic E-state index is 12.3. The maximum Gasteiger partial charge on any atom is 0.283 e. The van der Waals surface area contributed by atoms with Crippen molar-refractivity contribution in [1.29, 1.82) is 0 Å².